The SMILES string of the molecule is CSCC(C)CN1C(=O)C(C)NC(=O)C1c1ccccc1. The largest absolute Gasteiger partial charge is 0.342 e. The summed E-state index contributed by atoms with van der Waals surface area (Å²) >= 11 is 1.76. The van der Waals surface area contributed by atoms with E-state index in [-0.39, 0.29) is 11.8 Å². The molecule has 1 aliphatic heterocycles. The minimum Gasteiger partial charge on any atom is -0.342 e. The van der Waals surface area contributed by atoms with Crippen LogP contribution in [0.2, 0.25) is 0 Å². The highest BCUT2D eigenvalue weighted by atomic mass is 32.2. The van der Waals surface area contributed by atoms with Crippen molar-refractivity contribution >= 4 is 23.6 Å². The van der Waals surface area contributed by atoms with E-state index in [2.05, 4.69) is 18.5 Å². The summed E-state index contributed by atoms with van der Waals surface area (Å²) in [5.74, 6) is 1.23. The number of nitrogens with zero attached hydrogens (tertiary/aromatic N) is 1. The second kappa shape index (κ2) is 6.98. The van der Waals surface area contributed by atoms with Gasteiger partial charge in [0.1, 0.15) is 12.1 Å². The van der Waals surface area contributed by atoms with Crippen molar-refractivity contribution in [1.29, 1.82) is 0 Å². The second-order valence-corrected chi connectivity index (χ2v) is 6.51. The molecule has 0 saturated carbocycles. The maximum Gasteiger partial charge on any atom is 0.248 e. The molecular formula is C16H22N2O2S. The molecule has 3 atom stereocenters. The van der Waals surface area contributed by atoms with E-state index in [4.69, 9.17) is 0 Å². The minimum atomic E-state index is -0.515. The van der Waals surface area contributed by atoms with Crippen LogP contribution >= 0.6 is 11.8 Å². The molecule has 4 nitrogen and oxygen atoms in total. The Balaban J connectivity index is 2.28. The fraction of sp³-hybridized carbons (Fsp3) is 0.500. The standard InChI is InChI=1S/C16H22N2O2S/c1-11(10-21-3)9-18-14(13-7-5-4-6-8-13)15(19)17-12(2)16(18)20/h4-8,11-12,14H,9-10H2,1-3H3,(H,17,19). The van der Waals surface area contributed by atoms with E-state index in [0.717, 1.165) is 11.3 Å². The van der Waals surface area contributed by atoms with Crippen molar-refractivity contribution in [2.45, 2.75) is 25.9 Å². The summed E-state index contributed by atoms with van der Waals surface area (Å²) in [6, 6.07) is 8.55. The summed E-state index contributed by atoms with van der Waals surface area (Å²) in [6.45, 7) is 4.47. The average Bonchev–Trinajstić information content (AvgIpc) is 2.46. The lowest BCUT2D eigenvalue weighted by Gasteiger charge is -2.39. The fourth-order valence-electron chi connectivity index (χ4n) is 2.71. The normalized spacial score (nSPS) is 23.9. The molecule has 114 valence electrons. The van der Waals surface area contributed by atoms with Crippen LogP contribution in [0, 0.1) is 5.92 Å². The summed E-state index contributed by atoms with van der Waals surface area (Å²) in [6.07, 6.45) is 2.05. The lowest BCUT2D eigenvalue weighted by atomic mass is 9.98. The van der Waals surface area contributed by atoms with Crippen LogP contribution in [-0.2, 0) is 9.59 Å². The van der Waals surface area contributed by atoms with Gasteiger partial charge in [0.15, 0.2) is 0 Å². The summed E-state index contributed by atoms with van der Waals surface area (Å²) in [5.41, 5.74) is 0.867. The summed E-state index contributed by atoms with van der Waals surface area (Å²) in [7, 11) is 0. The van der Waals surface area contributed by atoms with Gasteiger partial charge in [-0.15, -0.1) is 0 Å². The van der Waals surface area contributed by atoms with Crippen LogP contribution in [0.15, 0.2) is 30.3 Å². The van der Waals surface area contributed by atoms with E-state index < -0.39 is 12.1 Å². The average molecular weight is 306 g/mol. The molecule has 3 unspecified atom stereocenters. The molecule has 1 N–H and O–H groups in total. The Kier molecular flexibility index (Phi) is 5.28. The van der Waals surface area contributed by atoms with E-state index in [9.17, 15) is 9.59 Å². The van der Waals surface area contributed by atoms with Crippen LogP contribution in [0.1, 0.15) is 25.5 Å². The van der Waals surface area contributed by atoms with E-state index in [1.165, 1.54) is 0 Å². The molecule has 1 fully saturated rings. The zero-order valence-corrected chi connectivity index (χ0v) is 13.5. The first kappa shape index (κ1) is 15.9. The third-order valence-corrected chi connectivity index (χ3v) is 4.55. The van der Waals surface area contributed by atoms with E-state index in [0.29, 0.717) is 12.5 Å². The minimum absolute atomic E-state index is 0.00333. The first-order valence-corrected chi connectivity index (χ1v) is 8.58. The highest BCUT2D eigenvalue weighted by Gasteiger charge is 2.39. The van der Waals surface area contributed by atoms with E-state index >= 15 is 0 Å². The molecular weight excluding hydrogens is 284 g/mol. The number of carbonyl (C=O) groups excluding carboxylic acids is 2. The van der Waals surface area contributed by atoms with Crippen LogP contribution in [0.4, 0.5) is 0 Å². The van der Waals surface area contributed by atoms with Crippen molar-refractivity contribution < 1.29 is 9.59 Å². The molecule has 0 aliphatic carbocycles. The maximum absolute atomic E-state index is 12.5. The number of rotatable bonds is 5. The van der Waals surface area contributed by atoms with Crippen LogP contribution in [0.3, 0.4) is 0 Å². The Bertz CT molecular complexity index is 506. The molecule has 0 bridgehead atoms. The molecule has 0 aromatic heterocycles. The number of thioether (sulfide) groups is 1. The predicted molar refractivity (Wildman–Crippen MR) is 86.0 cm³/mol. The van der Waals surface area contributed by atoms with Crippen LogP contribution in [0.5, 0.6) is 0 Å². The quantitative estimate of drug-likeness (QED) is 0.906. The van der Waals surface area contributed by atoms with Crippen molar-refractivity contribution in [2.75, 3.05) is 18.6 Å². The zero-order chi connectivity index (χ0) is 15.4. The van der Waals surface area contributed by atoms with Crippen molar-refractivity contribution in [3.63, 3.8) is 0 Å². The molecule has 1 aromatic carbocycles. The third kappa shape index (κ3) is 3.59. The van der Waals surface area contributed by atoms with Gasteiger partial charge in [0.25, 0.3) is 0 Å². The van der Waals surface area contributed by atoms with E-state index in [1.807, 2.05) is 30.3 Å². The summed E-state index contributed by atoms with van der Waals surface area (Å²) in [4.78, 5) is 26.6. The Labute approximate surface area is 130 Å². The lowest BCUT2D eigenvalue weighted by molar-refractivity contribution is -0.149. The third-order valence-electron chi connectivity index (χ3n) is 3.65. The molecule has 1 saturated heterocycles. The highest BCUT2D eigenvalue weighted by molar-refractivity contribution is 7.98. The van der Waals surface area contributed by atoms with Gasteiger partial charge in [-0.2, -0.15) is 11.8 Å². The molecule has 5 heteroatoms. The smallest absolute Gasteiger partial charge is 0.248 e. The first-order valence-electron chi connectivity index (χ1n) is 7.19. The Morgan fingerprint density at radius 2 is 1.95 bits per heavy atom. The Morgan fingerprint density at radius 1 is 1.29 bits per heavy atom. The molecule has 0 spiro atoms. The van der Waals surface area contributed by atoms with E-state index in [1.54, 1.807) is 23.6 Å². The van der Waals surface area contributed by atoms with Gasteiger partial charge >= 0.3 is 0 Å². The van der Waals surface area contributed by atoms with Gasteiger partial charge < -0.3 is 10.2 Å². The molecule has 1 aliphatic rings. The number of benzene rings is 1. The predicted octanol–water partition coefficient (Wildman–Crippen LogP) is 2.07. The summed E-state index contributed by atoms with van der Waals surface area (Å²) < 4.78 is 0. The molecule has 2 rings (SSSR count). The first-order chi connectivity index (χ1) is 10.0. The Hall–Kier alpha value is -1.49. The van der Waals surface area contributed by atoms with Gasteiger partial charge in [-0.05, 0) is 30.4 Å². The zero-order valence-electron chi connectivity index (χ0n) is 12.7. The Morgan fingerprint density at radius 3 is 2.57 bits per heavy atom. The molecule has 2 amide bonds. The van der Waals surface area contributed by atoms with Gasteiger partial charge in [-0.1, -0.05) is 37.3 Å². The van der Waals surface area contributed by atoms with Crippen molar-refractivity contribution in [3.05, 3.63) is 35.9 Å². The van der Waals surface area contributed by atoms with Crippen molar-refractivity contribution in [1.82, 2.24) is 10.2 Å². The molecule has 21 heavy (non-hydrogen) atoms. The van der Waals surface area contributed by atoms with Crippen LogP contribution in [-0.4, -0.2) is 41.3 Å². The monoisotopic (exact) mass is 306 g/mol. The van der Waals surface area contributed by atoms with Gasteiger partial charge in [-0.25, -0.2) is 0 Å². The number of hydrogen-bond acceptors (Lipinski definition) is 3. The van der Waals surface area contributed by atoms with Gasteiger partial charge in [0.05, 0.1) is 0 Å². The number of hydrogen-bond donors (Lipinski definition) is 1. The van der Waals surface area contributed by atoms with Gasteiger partial charge in [0, 0.05) is 6.54 Å². The van der Waals surface area contributed by atoms with Crippen molar-refractivity contribution in [3.8, 4) is 0 Å². The number of amides is 2. The summed E-state index contributed by atoms with van der Waals surface area (Å²) in [5, 5.41) is 2.78. The van der Waals surface area contributed by atoms with Crippen LogP contribution in [0.25, 0.3) is 0 Å². The molecule has 1 aromatic rings. The second-order valence-electron chi connectivity index (χ2n) is 5.59. The lowest BCUT2D eigenvalue weighted by Crippen LogP contribution is -2.59. The topological polar surface area (TPSA) is 49.4 Å². The molecule has 1 heterocycles. The fourth-order valence-corrected chi connectivity index (χ4v) is 3.38. The van der Waals surface area contributed by atoms with Crippen LogP contribution < -0.4 is 5.32 Å². The number of nitrogens with one attached hydrogen (secondary N) is 1. The number of piperazine rings is 1. The van der Waals surface area contributed by atoms with Gasteiger partial charge in [-0.3, -0.25) is 9.59 Å². The molecule has 0 radical (unpaired) electrons. The maximum atomic E-state index is 12.5. The number of carbonyl (C=O) groups is 2. The van der Waals surface area contributed by atoms with Crippen molar-refractivity contribution in [2.24, 2.45) is 5.92 Å². The van der Waals surface area contributed by atoms with Gasteiger partial charge in [0.2, 0.25) is 11.8 Å². The highest BCUT2D eigenvalue weighted by Crippen LogP contribution is 2.26.